The number of carboxylic acid groups (broad SMARTS) is 1. The highest BCUT2D eigenvalue weighted by atomic mass is 32.2. The summed E-state index contributed by atoms with van der Waals surface area (Å²) < 4.78 is 268. The summed E-state index contributed by atoms with van der Waals surface area (Å²) >= 11 is -1.50. The van der Waals surface area contributed by atoms with Gasteiger partial charge in [-0.1, -0.05) is 11.8 Å². The van der Waals surface area contributed by atoms with E-state index in [0.717, 1.165) is 13.1 Å². The lowest BCUT2D eigenvalue weighted by molar-refractivity contribution is -0.464. The van der Waals surface area contributed by atoms with Crippen molar-refractivity contribution in [2.24, 2.45) is 0 Å². The molecule has 1 fully saturated rings. The molecule has 0 aliphatic carbocycles. The lowest BCUT2D eigenvalue weighted by Crippen LogP contribution is -2.75. The van der Waals surface area contributed by atoms with Gasteiger partial charge in [-0.15, -0.1) is 0 Å². The number of alkyl halides is 20. The Kier molecular flexibility index (Phi) is 10.7. The molecule has 26 heteroatoms. The number of halogens is 20. The van der Waals surface area contributed by atoms with Gasteiger partial charge in [0.2, 0.25) is 6.17 Å². The van der Waals surface area contributed by atoms with E-state index in [2.05, 4.69) is 0 Å². The van der Waals surface area contributed by atoms with Gasteiger partial charge in [-0.3, -0.25) is 4.90 Å². The quantitative estimate of drug-likeness (QED) is 0.150. The highest BCUT2D eigenvalue weighted by Crippen LogP contribution is 2.65. The minimum absolute atomic E-state index is 0.331. The summed E-state index contributed by atoms with van der Waals surface area (Å²) in [5.41, 5.74) is -0.438. The van der Waals surface area contributed by atoms with Crippen molar-refractivity contribution in [3.05, 3.63) is 11.8 Å². The molecular formula is C19H14F20N2O3S. The predicted octanol–water partition coefficient (Wildman–Crippen LogP) is 7.39. The van der Waals surface area contributed by atoms with E-state index in [4.69, 9.17) is 5.11 Å². The van der Waals surface area contributed by atoms with Crippen molar-refractivity contribution in [1.29, 1.82) is 0 Å². The molecule has 0 aromatic carbocycles. The van der Waals surface area contributed by atoms with E-state index in [-0.39, 0.29) is 6.54 Å². The van der Waals surface area contributed by atoms with Crippen LogP contribution in [0.15, 0.2) is 11.8 Å². The Morgan fingerprint density at radius 1 is 0.756 bits per heavy atom. The van der Waals surface area contributed by atoms with E-state index in [9.17, 15) is 97.4 Å². The second-order valence-electron chi connectivity index (χ2n) is 8.92. The van der Waals surface area contributed by atoms with E-state index >= 15 is 0 Å². The van der Waals surface area contributed by atoms with Gasteiger partial charge in [0.05, 0.1) is 5.57 Å². The van der Waals surface area contributed by atoms with Gasteiger partial charge < -0.3 is 10.0 Å². The monoisotopic (exact) mass is 730 g/mol. The minimum Gasteiger partial charge on any atom is -0.478 e. The number of thioether (sulfide) groups is 1. The number of nitrogens with zero attached hydrogens (tertiary/aromatic N) is 2. The number of carbonyl (C=O) groups is 2. The number of urea groups is 1. The van der Waals surface area contributed by atoms with E-state index in [1.807, 2.05) is 0 Å². The Bertz CT molecular complexity index is 1150. The van der Waals surface area contributed by atoms with Crippen LogP contribution in [-0.4, -0.2) is 111 Å². The smallest absolute Gasteiger partial charge is 0.460 e. The summed E-state index contributed by atoms with van der Waals surface area (Å²) in [6.45, 7) is -0.791. The van der Waals surface area contributed by atoms with Gasteiger partial charge in [0.1, 0.15) is 0 Å². The number of rotatable bonds is 14. The SMILES string of the molecule is CC(=CN1CCN(CCSC(F)(F)C(F)C(F)(F)C(F)(F)C(F)(F)C(F)(F)C(F)(F)C(F)(F)C(F)(F)C(F)(F)F)C1=O)C(=O)O. The van der Waals surface area contributed by atoms with Gasteiger partial charge in [-0.2, -0.15) is 83.4 Å². The summed E-state index contributed by atoms with van der Waals surface area (Å²) in [5, 5.41) is 2.64. The van der Waals surface area contributed by atoms with Crippen LogP contribution in [0, 0.1) is 0 Å². The first kappa shape index (κ1) is 40.5. The third-order valence-electron chi connectivity index (χ3n) is 5.83. The molecule has 5 nitrogen and oxygen atoms in total. The maximum atomic E-state index is 14.0. The molecule has 0 aromatic rings. The maximum Gasteiger partial charge on any atom is 0.460 e. The molecule has 1 atom stereocenters. The first-order chi connectivity index (χ1) is 19.6. The van der Waals surface area contributed by atoms with Crippen LogP contribution in [0.2, 0.25) is 0 Å². The molecule has 0 aromatic heterocycles. The van der Waals surface area contributed by atoms with E-state index in [1.165, 1.54) is 0 Å². The molecule has 2 amide bonds. The predicted molar refractivity (Wildman–Crippen MR) is 108 cm³/mol. The number of amides is 2. The van der Waals surface area contributed by atoms with Gasteiger partial charge in [0.15, 0.2) is 0 Å². The van der Waals surface area contributed by atoms with Crippen molar-refractivity contribution in [2.75, 3.05) is 25.4 Å². The molecule has 1 heterocycles. The first-order valence-electron chi connectivity index (χ1n) is 11.0. The summed E-state index contributed by atoms with van der Waals surface area (Å²) in [7, 11) is 0. The Hall–Kier alpha value is -2.57. The number of carboxylic acids is 1. The van der Waals surface area contributed by atoms with Crippen LogP contribution in [0.3, 0.4) is 0 Å². The fourth-order valence-electron chi connectivity index (χ4n) is 3.13. The Balaban J connectivity index is 3.29. The Morgan fingerprint density at radius 3 is 1.56 bits per heavy atom. The number of hydrogen-bond donors (Lipinski definition) is 1. The molecule has 1 aliphatic rings. The number of carbonyl (C=O) groups excluding carboxylic acids is 1. The standard InChI is InChI=1S/C19H14F20N2O3S/c1-7(8(42)43)6-41-3-2-40(10(41)44)4-5-45-12(23,24)9(20)11(21,22)13(25,26)14(27,28)15(29,30)16(31,32)17(33,34)18(35,36)19(37,38)39/h6,9H,2-5H2,1H3,(H,42,43). The molecule has 1 rings (SSSR count). The van der Waals surface area contributed by atoms with Crippen LogP contribution >= 0.6 is 11.8 Å². The molecule has 0 radical (unpaired) electrons. The zero-order chi connectivity index (χ0) is 36.2. The molecule has 0 bridgehead atoms. The first-order valence-corrected chi connectivity index (χ1v) is 11.9. The van der Waals surface area contributed by atoms with Gasteiger partial charge in [0.25, 0.3) is 0 Å². The zero-order valence-corrected chi connectivity index (χ0v) is 21.9. The number of hydrogen-bond acceptors (Lipinski definition) is 3. The normalized spacial score (nSPS) is 18.2. The van der Waals surface area contributed by atoms with Crippen LogP contribution in [0.4, 0.5) is 92.6 Å². The van der Waals surface area contributed by atoms with Crippen molar-refractivity contribution in [1.82, 2.24) is 9.80 Å². The zero-order valence-electron chi connectivity index (χ0n) is 21.1. The van der Waals surface area contributed by atoms with Crippen LogP contribution in [0.25, 0.3) is 0 Å². The summed E-state index contributed by atoms with van der Waals surface area (Å²) in [6.07, 6.45) is -13.3. The van der Waals surface area contributed by atoms with Crippen molar-refractivity contribution in [2.45, 2.75) is 66.0 Å². The van der Waals surface area contributed by atoms with Crippen molar-refractivity contribution >= 4 is 23.8 Å². The van der Waals surface area contributed by atoms with Crippen molar-refractivity contribution in [3.8, 4) is 0 Å². The van der Waals surface area contributed by atoms with Crippen LogP contribution in [0.1, 0.15) is 6.92 Å². The molecule has 0 spiro atoms. The van der Waals surface area contributed by atoms with E-state index in [1.54, 1.807) is 0 Å². The molecule has 45 heavy (non-hydrogen) atoms. The van der Waals surface area contributed by atoms with Gasteiger partial charge in [-0.05, 0) is 6.92 Å². The van der Waals surface area contributed by atoms with Crippen molar-refractivity contribution in [3.63, 3.8) is 0 Å². The third kappa shape index (κ3) is 6.39. The number of aliphatic carboxylic acids is 1. The highest BCUT2D eigenvalue weighted by Gasteiger charge is 2.96. The third-order valence-corrected chi connectivity index (χ3v) is 6.81. The van der Waals surface area contributed by atoms with Crippen molar-refractivity contribution < 1.29 is 103 Å². The minimum atomic E-state index is -9.05. The molecule has 1 N–H and O–H groups in total. The van der Waals surface area contributed by atoms with Gasteiger partial charge in [0, 0.05) is 31.6 Å². The summed E-state index contributed by atoms with van der Waals surface area (Å²) in [4.78, 5) is 24.1. The average Bonchev–Trinajstić information content (AvgIpc) is 3.20. The fraction of sp³-hybridized carbons (Fsp3) is 0.789. The van der Waals surface area contributed by atoms with E-state index < -0.39 is 107 Å². The molecule has 1 saturated heterocycles. The lowest BCUT2D eigenvalue weighted by Gasteiger charge is -2.43. The molecular weight excluding hydrogens is 716 g/mol. The molecule has 1 aliphatic heterocycles. The Labute approximate surface area is 240 Å². The summed E-state index contributed by atoms with van der Waals surface area (Å²) in [5.74, 6) is -63.8. The van der Waals surface area contributed by atoms with E-state index in [0.29, 0.717) is 9.80 Å². The lowest BCUT2D eigenvalue weighted by atomic mass is 9.88. The molecule has 1 unspecified atom stereocenters. The fourth-order valence-corrected chi connectivity index (χ4v) is 4.01. The van der Waals surface area contributed by atoms with Gasteiger partial charge in [-0.25, -0.2) is 14.0 Å². The molecule has 264 valence electrons. The highest BCUT2D eigenvalue weighted by molar-refractivity contribution is 8.00. The second-order valence-corrected chi connectivity index (χ2v) is 10.2. The second kappa shape index (κ2) is 11.9. The average molecular weight is 730 g/mol. The largest absolute Gasteiger partial charge is 0.478 e. The summed E-state index contributed by atoms with van der Waals surface area (Å²) in [6, 6.07) is -1.15. The van der Waals surface area contributed by atoms with Gasteiger partial charge >= 0.3 is 64.9 Å². The van der Waals surface area contributed by atoms with Crippen LogP contribution in [-0.2, 0) is 4.79 Å². The molecule has 0 saturated carbocycles. The maximum absolute atomic E-state index is 14.0. The van der Waals surface area contributed by atoms with Crippen LogP contribution < -0.4 is 0 Å². The topological polar surface area (TPSA) is 60.9 Å². The Morgan fingerprint density at radius 2 is 1.16 bits per heavy atom. The van der Waals surface area contributed by atoms with Crippen LogP contribution in [0.5, 0.6) is 0 Å².